The summed E-state index contributed by atoms with van der Waals surface area (Å²) >= 11 is 0. The molecule has 94 valence electrons. The maximum absolute atomic E-state index is 11.9. The number of fused-ring (bicyclic) bond motifs is 1. The molecule has 0 radical (unpaired) electrons. The van der Waals surface area contributed by atoms with Crippen LogP contribution in [-0.2, 0) is 7.05 Å². The molecular formula is C13H11N5O. The molecule has 0 saturated heterocycles. The topological polar surface area (TPSA) is 72.7 Å². The molecule has 2 aromatic heterocycles. The fourth-order valence-electron chi connectivity index (χ4n) is 1.82. The third-order valence-corrected chi connectivity index (χ3v) is 2.78. The first-order valence-corrected chi connectivity index (χ1v) is 5.72. The zero-order chi connectivity index (χ0) is 13.2. The zero-order valence-electron chi connectivity index (χ0n) is 10.2. The van der Waals surface area contributed by atoms with Crippen LogP contribution in [0.3, 0.4) is 0 Å². The molecule has 0 aliphatic heterocycles. The first-order chi connectivity index (χ1) is 9.24. The first kappa shape index (κ1) is 11.3. The van der Waals surface area contributed by atoms with Gasteiger partial charge in [-0.25, -0.2) is 9.97 Å². The number of nitrogens with zero attached hydrogens (tertiary/aromatic N) is 4. The maximum atomic E-state index is 11.9. The first-order valence-electron chi connectivity index (χ1n) is 5.72. The summed E-state index contributed by atoms with van der Waals surface area (Å²) in [6, 6.07) is 5.54. The highest BCUT2D eigenvalue weighted by molar-refractivity contribution is 6.03. The van der Waals surface area contributed by atoms with E-state index in [0.29, 0.717) is 5.69 Å². The number of carbonyl (C=O) groups excluding carboxylic acids is 1. The number of hydrogen-bond donors (Lipinski definition) is 1. The van der Waals surface area contributed by atoms with E-state index in [1.807, 2.05) is 29.8 Å². The van der Waals surface area contributed by atoms with Gasteiger partial charge < -0.3 is 9.88 Å². The third kappa shape index (κ3) is 2.15. The Kier molecular flexibility index (Phi) is 2.68. The molecule has 1 amide bonds. The molecule has 19 heavy (non-hydrogen) atoms. The highest BCUT2D eigenvalue weighted by atomic mass is 16.1. The summed E-state index contributed by atoms with van der Waals surface area (Å²) in [6.07, 6.45) is 6.18. The summed E-state index contributed by atoms with van der Waals surface area (Å²) in [4.78, 5) is 24.0. The van der Waals surface area contributed by atoms with Crippen LogP contribution in [0.5, 0.6) is 0 Å². The number of nitrogens with one attached hydrogen (secondary N) is 1. The highest BCUT2D eigenvalue weighted by Gasteiger charge is 2.08. The van der Waals surface area contributed by atoms with Crippen LogP contribution in [0.1, 0.15) is 10.5 Å². The number of benzene rings is 1. The van der Waals surface area contributed by atoms with Crippen molar-refractivity contribution in [3.05, 3.63) is 48.8 Å². The van der Waals surface area contributed by atoms with Gasteiger partial charge in [-0.2, -0.15) is 0 Å². The molecule has 2 heterocycles. The Balaban J connectivity index is 1.89. The third-order valence-electron chi connectivity index (χ3n) is 2.78. The molecule has 6 heteroatoms. The predicted molar refractivity (Wildman–Crippen MR) is 70.7 cm³/mol. The molecule has 1 aromatic carbocycles. The Morgan fingerprint density at radius 1 is 1.26 bits per heavy atom. The number of anilines is 1. The Bertz CT molecular complexity index is 735. The van der Waals surface area contributed by atoms with Crippen molar-refractivity contribution in [2.24, 2.45) is 7.05 Å². The van der Waals surface area contributed by atoms with Crippen molar-refractivity contribution in [1.29, 1.82) is 0 Å². The Morgan fingerprint density at radius 2 is 2.16 bits per heavy atom. The van der Waals surface area contributed by atoms with Crippen LogP contribution >= 0.6 is 0 Å². The zero-order valence-corrected chi connectivity index (χ0v) is 10.2. The number of aromatic nitrogens is 4. The van der Waals surface area contributed by atoms with E-state index in [-0.39, 0.29) is 11.6 Å². The van der Waals surface area contributed by atoms with Gasteiger partial charge in [-0.05, 0) is 18.2 Å². The average molecular weight is 253 g/mol. The van der Waals surface area contributed by atoms with Gasteiger partial charge in [0.1, 0.15) is 5.69 Å². The molecule has 1 N–H and O–H groups in total. The van der Waals surface area contributed by atoms with Crippen molar-refractivity contribution >= 4 is 22.6 Å². The van der Waals surface area contributed by atoms with E-state index in [4.69, 9.17) is 0 Å². The number of rotatable bonds is 2. The van der Waals surface area contributed by atoms with Crippen molar-refractivity contribution < 1.29 is 4.79 Å². The largest absolute Gasteiger partial charge is 0.334 e. The number of hydrogen-bond acceptors (Lipinski definition) is 4. The summed E-state index contributed by atoms with van der Waals surface area (Å²) in [5.41, 5.74) is 2.83. The van der Waals surface area contributed by atoms with Gasteiger partial charge in [-0.1, -0.05) is 0 Å². The lowest BCUT2D eigenvalue weighted by molar-refractivity contribution is 0.102. The van der Waals surface area contributed by atoms with Crippen molar-refractivity contribution in [2.45, 2.75) is 0 Å². The summed E-state index contributed by atoms with van der Waals surface area (Å²) in [6.45, 7) is 0. The molecular weight excluding hydrogens is 242 g/mol. The van der Waals surface area contributed by atoms with Crippen molar-refractivity contribution in [2.75, 3.05) is 5.32 Å². The van der Waals surface area contributed by atoms with Gasteiger partial charge in [0.05, 0.1) is 23.6 Å². The normalized spacial score (nSPS) is 10.6. The van der Waals surface area contributed by atoms with Gasteiger partial charge in [0.2, 0.25) is 0 Å². The summed E-state index contributed by atoms with van der Waals surface area (Å²) < 4.78 is 1.90. The minimum Gasteiger partial charge on any atom is -0.334 e. The average Bonchev–Trinajstić information content (AvgIpc) is 2.81. The van der Waals surface area contributed by atoms with Crippen LogP contribution in [-0.4, -0.2) is 25.4 Å². The van der Waals surface area contributed by atoms with E-state index >= 15 is 0 Å². The van der Waals surface area contributed by atoms with E-state index in [2.05, 4.69) is 20.3 Å². The number of imidazole rings is 1. The second-order valence-electron chi connectivity index (χ2n) is 4.10. The summed E-state index contributed by atoms with van der Waals surface area (Å²) in [7, 11) is 1.91. The lowest BCUT2D eigenvalue weighted by Crippen LogP contribution is -2.13. The lowest BCUT2D eigenvalue weighted by Gasteiger charge is -2.04. The maximum Gasteiger partial charge on any atom is 0.275 e. The van der Waals surface area contributed by atoms with Crippen molar-refractivity contribution in [3.63, 3.8) is 0 Å². The van der Waals surface area contributed by atoms with Gasteiger partial charge >= 0.3 is 0 Å². The molecule has 0 aliphatic carbocycles. The minimum atomic E-state index is -0.283. The van der Waals surface area contributed by atoms with Gasteiger partial charge in [0, 0.05) is 25.1 Å². The summed E-state index contributed by atoms with van der Waals surface area (Å²) in [5.74, 6) is -0.283. The molecule has 3 aromatic rings. The predicted octanol–water partition coefficient (Wildman–Crippen LogP) is 1.62. The lowest BCUT2D eigenvalue weighted by atomic mass is 10.2. The highest BCUT2D eigenvalue weighted by Crippen LogP contribution is 2.17. The van der Waals surface area contributed by atoms with Gasteiger partial charge in [0.15, 0.2) is 0 Å². The van der Waals surface area contributed by atoms with Gasteiger partial charge in [-0.15, -0.1) is 0 Å². The Morgan fingerprint density at radius 3 is 2.95 bits per heavy atom. The molecule has 0 fully saturated rings. The fourth-order valence-corrected chi connectivity index (χ4v) is 1.82. The fraction of sp³-hybridized carbons (Fsp3) is 0.0769. The van der Waals surface area contributed by atoms with Gasteiger partial charge in [-0.3, -0.25) is 9.78 Å². The molecule has 0 unspecified atom stereocenters. The SMILES string of the molecule is Cn1cnc2ccc(NC(=O)c3cnccn3)cc21. The quantitative estimate of drug-likeness (QED) is 0.753. The van der Waals surface area contributed by atoms with Crippen LogP contribution in [0, 0.1) is 0 Å². The van der Waals surface area contributed by atoms with E-state index < -0.39 is 0 Å². The minimum absolute atomic E-state index is 0.283. The number of aryl methyl sites for hydroxylation is 1. The molecule has 0 spiro atoms. The Labute approximate surface area is 109 Å². The van der Waals surface area contributed by atoms with E-state index in [0.717, 1.165) is 11.0 Å². The molecule has 3 rings (SSSR count). The van der Waals surface area contributed by atoms with Crippen molar-refractivity contribution in [3.8, 4) is 0 Å². The molecule has 0 saturated carbocycles. The second kappa shape index (κ2) is 4.49. The van der Waals surface area contributed by atoms with Crippen LogP contribution in [0.2, 0.25) is 0 Å². The van der Waals surface area contributed by atoms with E-state index in [1.54, 1.807) is 6.33 Å². The Hall–Kier alpha value is -2.76. The number of amides is 1. The summed E-state index contributed by atoms with van der Waals surface area (Å²) in [5, 5.41) is 2.78. The van der Waals surface area contributed by atoms with E-state index in [9.17, 15) is 4.79 Å². The van der Waals surface area contributed by atoms with Gasteiger partial charge in [0.25, 0.3) is 5.91 Å². The smallest absolute Gasteiger partial charge is 0.275 e. The second-order valence-corrected chi connectivity index (χ2v) is 4.10. The van der Waals surface area contributed by atoms with Crippen LogP contribution in [0.25, 0.3) is 11.0 Å². The molecule has 0 atom stereocenters. The standard InChI is InChI=1S/C13H11N5O/c1-18-8-16-10-3-2-9(6-12(10)18)17-13(19)11-7-14-4-5-15-11/h2-8H,1H3,(H,17,19). The molecule has 0 bridgehead atoms. The van der Waals surface area contributed by atoms with E-state index in [1.165, 1.54) is 18.6 Å². The van der Waals surface area contributed by atoms with Crippen LogP contribution in [0.15, 0.2) is 43.1 Å². The monoisotopic (exact) mass is 253 g/mol. The van der Waals surface area contributed by atoms with Crippen LogP contribution in [0.4, 0.5) is 5.69 Å². The van der Waals surface area contributed by atoms with Crippen LogP contribution < -0.4 is 5.32 Å². The number of carbonyl (C=O) groups is 1. The van der Waals surface area contributed by atoms with Crippen molar-refractivity contribution in [1.82, 2.24) is 19.5 Å². The molecule has 6 nitrogen and oxygen atoms in total. The molecule has 0 aliphatic rings.